The van der Waals surface area contributed by atoms with E-state index in [2.05, 4.69) is 40.2 Å². The Bertz CT molecular complexity index is 307. The second kappa shape index (κ2) is 4.45. The van der Waals surface area contributed by atoms with E-state index < -0.39 is 0 Å². The SMILES string of the molecule is N[C@H](Cc1cccc(Br)c1)CC1CC1. The molecule has 1 aliphatic rings. The van der Waals surface area contributed by atoms with Crippen LogP contribution in [0.25, 0.3) is 0 Å². The normalized spacial score (nSPS) is 18.1. The van der Waals surface area contributed by atoms with Crippen molar-refractivity contribution in [1.82, 2.24) is 0 Å². The molecule has 1 aromatic carbocycles. The highest BCUT2D eigenvalue weighted by atomic mass is 79.9. The van der Waals surface area contributed by atoms with Gasteiger partial charge in [-0.15, -0.1) is 0 Å². The second-order valence-electron chi connectivity index (χ2n) is 4.27. The lowest BCUT2D eigenvalue weighted by Crippen LogP contribution is -2.23. The third kappa shape index (κ3) is 3.10. The molecule has 2 rings (SSSR count). The summed E-state index contributed by atoms with van der Waals surface area (Å²) in [6, 6.07) is 8.78. The van der Waals surface area contributed by atoms with Crippen LogP contribution >= 0.6 is 15.9 Å². The molecule has 1 fully saturated rings. The molecular weight excluding hydrogens is 238 g/mol. The van der Waals surface area contributed by atoms with E-state index in [1.165, 1.54) is 24.8 Å². The van der Waals surface area contributed by atoms with Crippen molar-refractivity contribution in [3.63, 3.8) is 0 Å². The van der Waals surface area contributed by atoms with Crippen LogP contribution in [0.1, 0.15) is 24.8 Å². The van der Waals surface area contributed by atoms with Gasteiger partial charge in [0.1, 0.15) is 0 Å². The van der Waals surface area contributed by atoms with Crippen molar-refractivity contribution < 1.29 is 0 Å². The van der Waals surface area contributed by atoms with Crippen LogP contribution in [0.3, 0.4) is 0 Å². The lowest BCUT2D eigenvalue weighted by atomic mass is 10.0. The summed E-state index contributed by atoms with van der Waals surface area (Å²) in [5, 5.41) is 0. The van der Waals surface area contributed by atoms with Crippen molar-refractivity contribution in [3.05, 3.63) is 34.3 Å². The van der Waals surface area contributed by atoms with Gasteiger partial charge in [-0.25, -0.2) is 0 Å². The topological polar surface area (TPSA) is 26.0 Å². The number of hydrogen-bond donors (Lipinski definition) is 1. The molecule has 2 N–H and O–H groups in total. The summed E-state index contributed by atoms with van der Waals surface area (Å²) in [5.74, 6) is 0.928. The molecule has 1 atom stereocenters. The number of hydrogen-bond acceptors (Lipinski definition) is 1. The van der Waals surface area contributed by atoms with E-state index in [0.29, 0.717) is 6.04 Å². The van der Waals surface area contributed by atoms with Gasteiger partial charge in [0, 0.05) is 10.5 Å². The van der Waals surface area contributed by atoms with Gasteiger partial charge in [-0.1, -0.05) is 40.9 Å². The molecule has 0 spiro atoms. The Balaban J connectivity index is 1.88. The van der Waals surface area contributed by atoms with Gasteiger partial charge in [-0.2, -0.15) is 0 Å². The van der Waals surface area contributed by atoms with Gasteiger partial charge in [0.2, 0.25) is 0 Å². The van der Waals surface area contributed by atoms with E-state index in [1.54, 1.807) is 0 Å². The highest BCUT2D eigenvalue weighted by Crippen LogP contribution is 2.33. The molecule has 0 amide bonds. The van der Waals surface area contributed by atoms with E-state index in [1.807, 2.05) is 0 Å². The smallest absolute Gasteiger partial charge is 0.0178 e. The zero-order valence-electron chi connectivity index (χ0n) is 8.25. The van der Waals surface area contributed by atoms with Crippen LogP contribution in [-0.2, 0) is 6.42 Å². The van der Waals surface area contributed by atoms with Crippen LogP contribution < -0.4 is 5.73 Å². The molecule has 0 aromatic heterocycles. The molecule has 1 nitrogen and oxygen atoms in total. The molecule has 0 heterocycles. The van der Waals surface area contributed by atoms with Crippen LogP contribution in [0.4, 0.5) is 0 Å². The summed E-state index contributed by atoms with van der Waals surface area (Å²) in [7, 11) is 0. The molecule has 0 radical (unpaired) electrons. The molecule has 0 unspecified atom stereocenters. The number of nitrogens with two attached hydrogens (primary N) is 1. The Morgan fingerprint density at radius 2 is 2.21 bits per heavy atom. The van der Waals surface area contributed by atoms with Crippen molar-refractivity contribution in [2.45, 2.75) is 31.7 Å². The van der Waals surface area contributed by atoms with Gasteiger partial charge in [-0.05, 0) is 36.5 Å². The van der Waals surface area contributed by atoms with Crippen molar-refractivity contribution in [3.8, 4) is 0 Å². The Morgan fingerprint density at radius 3 is 2.86 bits per heavy atom. The molecule has 1 aromatic rings. The van der Waals surface area contributed by atoms with Crippen LogP contribution in [0, 0.1) is 5.92 Å². The van der Waals surface area contributed by atoms with Gasteiger partial charge in [0.05, 0.1) is 0 Å². The first-order valence-electron chi connectivity index (χ1n) is 5.24. The predicted octanol–water partition coefficient (Wildman–Crippen LogP) is 3.12. The van der Waals surface area contributed by atoms with E-state index >= 15 is 0 Å². The summed E-state index contributed by atoms with van der Waals surface area (Å²) in [6.45, 7) is 0. The lowest BCUT2D eigenvalue weighted by molar-refractivity contribution is 0.566. The third-order valence-electron chi connectivity index (χ3n) is 2.72. The fourth-order valence-corrected chi connectivity index (χ4v) is 2.28. The molecular formula is C12H16BrN. The van der Waals surface area contributed by atoms with Crippen LogP contribution in [0.2, 0.25) is 0 Å². The molecule has 0 aliphatic heterocycles. The molecule has 1 aliphatic carbocycles. The number of halogens is 1. The van der Waals surface area contributed by atoms with Crippen molar-refractivity contribution in [2.75, 3.05) is 0 Å². The first kappa shape index (κ1) is 10.2. The molecule has 76 valence electrons. The summed E-state index contributed by atoms with van der Waals surface area (Å²) >= 11 is 3.47. The Morgan fingerprint density at radius 1 is 1.43 bits per heavy atom. The van der Waals surface area contributed by atoms with Crippen LogP contribution in [-0.4, -0.2) is 6.04 Å². The van der Waals surface area contributed by atoms with Gasteiger partial charge < -0.3 is 5.73 Å². The molecule has 2 heteroatoms. The lowest BCUT2D eigenvalue weighted by Gasteiger charge is -2.10. The second-order valence-corrected chi connectivity index (χ2v) is 5.19. The van der Waals surface area contributed by atoms with Crippen LogP contribution in [0.15, 0.2) is 28.7 Å². The van der Waals surface area contributed by atoms with Gasteiger partial charge >= 0.3 is 0 Å². The zero-order valence-corrected chi connectivity index (χ0v) is 9.83. The summed E-state index contributed by atoms with van der Waals surface area (Å²) in [4.78, 5) is 0. The first-order valence-corrected chi connectivity index (χ1v) is 6.03. The van der Waals surface area contributed by atoms with Crippen molar-refractivity contribution in [1.29, 1.82) is 0 Å². The first-order chi connectivity index (χ1) is 6.74. The third-order valence-corrected chi connectivity index (χ3v) is 3.21. The summed E-state index contributed by atoms with van der Waals surface area (Å²) in [6.07, 6.45) is 5.00. The van der Waals surface area contributed by atoms with E-state index in [-0.39, 0.29) is 0 Å². The van der Waals surface area contributed by atoms with Crippen molar-refractivity contribution in [2.24, 2.45) is 11.7 Å². The number of rotatable bonds is 4. The average Bonchev–Trinajstić information content (AvgIpc) is 2.87. The molecule has 1 saturated carbocycles. The standard InChI is InChI=1S/C12H16BrN/c13-11-3-1-2-10(6-11)8-12(14)7-9-4-5-9/h1-3,6,9,12H,4-5,7-8,14H2/t12-/m0/s1. The van der Waals surface area contributed by atoms with Gasteiger partial charge in [0.25, 0.3) is 0 Å². The quantitative estimate of drug-likeness (QED) is 0.877. The Hall–Kier alpha value is -0.340. The van der Waals surface area contributed by atoms with Crippen molar-refractivity contribution >= 4 is 15.9 Å². The maximum absolute atomic E-state index is 6.08. The van der Waals surface area contributed by atoms with Gasteiger partial charge in [-0.3, -0.25) is 0 Å². The highest BCUT2D eigenvalue weighted by molar-refractivity contribution is 9.10. The Labute approximate surface area is 93.8 Å². The average molecular weight is 254 g/mol. The molecule has 14 heavy (non-hydrogen) atoms. The van der Waals surface area contributed by atoms with Crippen LogP contribution in [0.5, 0.6) is 0 Å². The minimum atomic E-state index is 0.344. The summed E-state index contributed by atoms with van der Waals surface area (Å²) in [5.41, 5.74) is 7.42. The largest absolute Gasteiger partial charge is 0.327 e. The minimum Gasteiger partial charge on any atom is -0.327 e. The van der Waals surface area contributed by atoms with E-state index in [0.717, 1.165) is 16.8 Å². The maximum Gasteiger partial charge on any atom is 0.0178 e. The molecule has 0 saturated heterocycles. The fourth-order valence-electron chi connectivity index (χ4n) is 1.83. The van der Waals surface area contributed by atoms with Gasteiger partial charge in [0.15, 0.2) is 0 Å². The Kier molecular flexibility index (Phi) is 3.24. The maximum atomic E-state index is 6.08. The zero-order chi connectivity index (χ0) is 9.97. The summed E-state index contributed by atoms with van der Waals surface area (Å²) < 4.78 is 1.15. The monoisotopic (exact) mass is 253 g/mol. The minimum absolute atomic E-state index is 0.344. The van der Waals surface area contributed by atoms with E-state index in [9.17, 15) is 0 Å². The molecule has 0 bridgehead atoms. The number of benzene rings is 1. The predicted molar refractivity (Wildman–Crippen MR) is 63.2 cm³/mol. The fraction of sp³-hybridized carbons (Fsp3) is 0.500. The highest BCUT2D eigenvalue weighted by Gasteiger charge is 2.23. The van der Waals surface area contributed by atoms with E-state index in [4.69, 9.17) is 5.73 Å².